The third-order valence-electron chi connectivity index (χ3n) is 4.08. The van der Waals surface area contributed by atoms with Crippen LogP contribution >= 0.6 is 0 Å². The fourth-order valence-electron chi connectivity index (χ4n) is 2.50. The van der Waals surface area contributed by atoms with Gasteiger partial charge in [-0.25, -0.2) is 13.1 Å². The average molecular weight is 397 g/mol. The van der Waals surface area contributed by atoms with Crippen LogP contribution in [0.25, 0.3) is 0 Å². The minimum absolute atomic E-state index is 0.0205. The van der Waals surface area contributed by atoms with Gasteiger partial charge >= 0.3 is 0 Å². The molecule has 3 rings (SSSR count). The summed E-state index contributed by atoms with van der Waals surface area (Å²) < 4.78 is 27.3. The minimum Gasteiger partial charge on any atom is -0.341 e. The molecule has 3 N–H and O–H groups in total. The Labute approximate surface area is 163 Å². The quantitative estimate of drug-likeness (QED) is 0.619. The number of rotatable bonds is 7. The molecule has 0 aliphatic heterocycles. The lowest BCUT2D eigenvalue weighted by molar-refractivity contribution is 0.0959. The van der Waals surface area contributed by atoms with Crippen LogP contribution in [0.15, 0.2) is 53.4 Å². The van der Waals surface area contributed by atoms with Crippen LogP contribution in [0.2, 0.25) is 0 Å². The maximum Gasteiger partial charge on any atom is 0.255 e. The van der Waals surface area contributed by atoms with E-state index in [1.165, 1.54) is 24.3 Å². The Balaban J connectivity index is 1.80. The van der Waals surface area contributed by atoms with Crippen molar-refractivity contribution in [2.75, 3.05) is 11.9 Å². The first-order chi connectivity index (χ1) is 13.4. The lowest BCUT2D eigenvalue weighted by Gasteiger charge is -2.11. The molecule has 28 heavy (non-hydrogen) atoms. The SMILES string of the molecule is C#CCNC(=O)c1ccccc1NC(=O)c1cccc(S(=O)(=O)NC2CC2)c1. The number of nitrogens with one attached hydrogen (secondary N) is 3. The molecule has 0 heterocycles. The first-order valence-electron chi connectivity index (χ1n) is 8.65. The zero-order valence-electron chi connectivity index (χ0n) is 14.9. The molecule has 8 heteroatoms. The van der Waals surface area contributed by atoms with Crippen LogP contribution in [0.3, 0.4) is 0 Å². The van der Waals surface area contributed by atoms with Crippen molar-refractivity contribution in [3.8, 4) is 12.3 Å². The molecule has 7 nitrogen and oxygen atoms in total. The summed E-state index contributed by atoms with van der Waals surface area (Å²) in [7, 11) is -3.67. The molecule has 0 atom stereocenters. The molecule has 144 valence electrons. The van der Waals surface area contributed by atoms with Crippen LogP contribution in [0.5, 0.6) is 0 Å². The van der Waals surface area contributed by atoms with E-state index in [9.17, 15) is 18.0 Å². The summed E-state index contributed by atoms with van der Waals surface area (Å²) in [6.45, 7) is 0.0645. The number of anilines is 1. The highest BCUT2D eigenvalue weighted by Crippen LogP contribution is 2.23. The number of terminal acetylenes is 1. The van der Waals surface area contributed by atoms with E-state index in [4.69, 9.17) is 6.42 Å². The normalized spacial score (nSPS) is 13.4. The average Bonchev–Trinajstić information content (AvgIpc) is 3.50. The van der Waals surface area contributed by atoms with Gasteiger partial charge in [0.1, 0.15) is 0 Å². The molecule has 0 aromatic heterocycles. The molecule has 0 saturated heterocycles. The standard InChI is InChI=1S/C20H19N3O4S/c1-2-12-21-20(25)17-8-3-4-9-18(17)22-19(24)14-6-5-7-16(13-14)28(26,27)23-15-10-11-15/h1,3-9,13,15,23H,10-12H2,(H,21,25)(H,22,24). The lowest BCUT2D eigenvalue weighted by atomic mass is 10.1. The monoisotopic (exact) mass is 397 g/mol. The molecule has 2 amide bonds. The van der Waals surface area contributed by atoms with Gasteiger partial charge in [0, 0.05) is 11.6 Å². The molecule has 1 fully saturated rings. The van der Waals surface area contributed by atoms with Crippen LogP contribution in [-0.4, -0.2) is 32.8 Å². The van der Waals surface area contributed by atoms with Gasteiger partial charge in [-0.1, -0.05) is 24.1 Å². The van der Waals surface area contributed by atoms with E-state index in [0.717, 1.165) is 12.8 Å². The largest absolute Gasteiger partial charge is 0.341 e. The summed E-state index contributed by atoms with van der Waals surface area (Å²) >= 11 is 0. The Kier molecular flexibility index (Phi) is 5.78. The van der Waals surface area contributed by atoms with Crippen molar-refractivity contribution >= 4 is 27.5 Å². The predicted molar refractivity (Wildman–Crippen MR) is 105 cm³/mol. The van der Waals surface area contributed by atoms with Crippen molar-refractivity contribution in [1.29, 1.82) is 0 Å². The van der Waals surface area contributed by atoms with Gasteiger partial charge in [-0.2, -0.15) is 0 Å². The fraction of sp³-hybridized carbons (Fsp3) is 0.200. The van der Waals surface area contributed by atoms with Crippen molar-refractivity contribution in [2.24, 2.45) is 0 Å². The summed E-state index contributed by atoms with van der Waals surface area (Å²) in [6, 6.07) is 12.2. The molecule has 2 aromatic rings. The fourth-order valence-corrected chi connectivity index (χ4v) is 3.85. The van der Waals surface area contributed by atoms with Gasteiger partial charge in [0.15, 0.2) is 0 Å². The van der Waals surface area contributed by atoms with E-state index in [1.54, 1.807) is 24.3 Å². The second kappa shape index (κ2) is 8.25. The van der Waals surface area contributed by atoms with Gasteiger partial charge in [-0.3, -0.25) is 9.59 Å². The minimum atomic E-state index is -3.67. The third-order valence-corrected chi connectivity index (χ3v) is 5.59. The van der Waals surface area contributed by atoms with Crippen LogP contribution in [-0.2, 0) is 10.0 Å². The number of carbonyl (C=O) groups is 2. The summed E-state index contributed by atoms with van der Waals surface area (Å²) in [4.78, 5) is 24.8. The Bertz CT molecular complexity index is 1050. The van der Waals surface area contributed by atoms with Crippen molar-refractivity contribution in [2.45, 2.75) is 23.8 Å². The van der Waals surface area contributed by atoms with Crippen LogP contribution in [0.4, 0.5) is 5.69 Å². The molecule has 2 aromatic carbocycles. The second-order valence-electron chi connectivity index (χ2n) is 6.31. The Hall–Kier alpha value is -3.15. The number of hydrogen-bond acceptors (Lipinski definition) is 4. The van der Waals surface area contributed by atoms with Crippen molar-refractivity contribution in [3.05, 3.63) is 59.7 Å². The number of carbonyl (C=O) groups excluding carboxylic acids is 2. The van der Waals surface area contributed by atoms with Crippen LogP contribution < -0.4 is 15.4 Å². The van der Waals surface area contributed by atoms with E-state index in [2.05, 4.69) is 21.3 Å². The number of benzene rings is 2. The highest BCUT2D eigenvalue weighted by atomic mass is 32.2. The maximum absolute atomic E-state index is 12.6. The highest BCUT2D eigenvalue weighted by Gasteiger charge is 2.28. The maximum atomic E-state index is 12.6. The van der Waals surface area contributed by atoms with Gasteiger partial charge in [-0.05, 0) is 43.2 Å². The van der Waals surface area contributed by atoms with E-state index in [-0.39, 0.29) is 28.6 Å². The molecule has 0 unspecified atom stereocenters. The Morgan fingerprint density at radius 2 is 1.82 bits per heavy atom. The van der Waals surface area contributed by atoms with Gasteiger partial charge in [0.05, 0.1) is 22.7 Å². The van der Waals surface area contributed by atoms with Crippen molar-refractivity contribution in [3.63, 3.8) is 0 Å². The predicted octanol–water partition coefficient (Wildman–Crippen LogP) is 1.74. The van der Waals surface area contributed by atoms with Gasteiger partial charge in [0.2, 0.25) is 10.0 Å². The first-order valence-corrected chi connectivity index (χ1v) is 10.1. The van der Waals surface area contributed by atoms with Gasteiger partial charge < -0.3 is 10.6 Å². The highest BCUT2D eigenvalue weighted by molar-refractivity contribution is 7.89. The van der Waals surface area contributed by atoms with E-state index >= 15 is 0 Å². The molecule has 1 aliphatic rings. The molecule has 0 bridgehead atoms. The van der Waals surface area contributed by atoms with E-state index in [1.807, 2.05) is 0 Å². The summed E-state index contributed by atoms with van der Waals surface area (Å²) in [5.41, 5.74) is 0.717. The van der Waals surface area contributed by atoms with Gasteiger partial charge in [-0.15, -0.1) is 6.42 Å². The number of sulfonamides is 1. The summed E-state index contributed by atoms with van der Waals surface area (Å²) in [5.74, 6) is 1.37. The summed E-state index contributed by atoms with van der Waals surface area (Å²) in [5, 5.41) is 5.19. The van der Waals surface area contributed by atoms with E-state index < -0.39 is 21.8 Å². The zero-order valence-corrected chi connectivity index (χ0v) is 15.8. The number of amides is 2. The first kappa shape index (κ1) is 19.6. The smallest absolute Gasteiger partial charge is 0.255 e. The third kappa shape index (κ3) is 4.76. The summed E-state index contributed by atoms with van der Waals surface area (Å²) in [6.07, 6.45) is 6.78. The Morgan fingerprint density at radius 1 is 1.07 bits per heavy atom. The molecule has 0 radical (unpaired) electrons. The zero-order chi connectivity index (χ0) is 20.1. The molecule has 1 saturated carbocycles. The Morgan fingerprint density at radius 3 is 2.54 bits per heavy atom. The van der Waals surface area contributed by atoms with Crippen molar-refractivity contribution < 1.29 is 18.0 Å². The molecule has 1 aliphatic carbocycles. The van der Waals surface area contributed by atoms with Crippen LogP contribution in [0.1, 0.15) is 33.6 Å². The molecular formula is C20H19N3O4S. The molecular weight excluding hydrogens is 378 g/mol. The van der Waals surface area contributed by atoms with Gasteiger partial charge in [0.25, 0.3) is 11.8 Å². The topological polar surface area (TPSA) is 104 Å². The van der Waals surface area contributed by atoms with Crippen molar-refractivity contribution in [1.82, 2.24) is 10.0 Å². The van der Waals surface area contributed by atoms with E-state index in [0.29, 0.717) is 5.69 Å². The molecule has 0 spiro atoms. The number of hydrogen-bond donors (Lipinski definition) is 3. The van der Waals surface area contributed by atoms with Crippen LogP contribution in [0, 0.1) is 12.3 Å². The number of para-hydroxylation sites is 1. The second-order valence-corrected chi connectivity index (χ2v) is 8.02. The lowest BCUT2D eigenvalue weighted by Crippen LogP contribution is -2.26.